The van der Waals surface area contributed by atoms with Crippen molar-refractivity contribution in [2.24, 2.45) is 17.0 Å². The molecule has 0 aliphatic heterocycles. The van der Waals surface area contributed by atoms with E-state index in [1.807, 2.05) is 0 Å². The maximum absolute atomic E-state index is 8.19. The van der Waals surface area contributed by atoms with Gasteiger partial charge in [-0.3, -0.25) is 0 Å². The lowest BCUT2D eigenvalue weighted by molar-refractivity contribution is 0.314. The van der Waals surface area contributed by atoms with E-state index in [0.29, 0.717) is 11.8 Å². The fourth-order valence-electron chi connectivity index (χ4n) is 0.835. The third-order valence-electron chi connectivity index (χ3n) is 1.59. The van der Waals surface area contributed by atoms with Crippen molar-refractivity contribution in [2.75, 3.05) is 0 Å². The van der Waals surface area contributed by atoms with Crippen LogP contribution in [-0.2, 0) is 0 Å². The molecule has 0 aliphatic rings. The van der Waals surface area contributed by atoms with Crippen molar-refractivity contribution >= 4 is 6.21 Å². The van der Waals surface area contributed by atoms with E-state index in [0.717, 1.165) is 6.42 Å². The molecule has 0 aromatic carbocycles. The van der Waals surface area contributed by atoms with Gasteiger partial charge in [0, 0.05) is 6.21 Å². The Kier molecular flexibility index (Phi) is 4.10. The first-order valence-electron chi connectivity index (χ1n) is 3.39. The molecule has 0 aromatic heterocycles. The van der Waals surface area contributed by atoms with E-state index in [1.54, 1.807) is 6.21 Å². The summed E-state index contributed by atoms with van der Waals surface area (Å²) in [4.78, 5) is 0. The highest BCUT2D eigenvalue weighted by molar-refractivity contribution is 5.59. The second-order valence-electron chi connectivity index (χ2n) is 2.58. The summed E-state index contributed by atoms with van der Waals surface area (Å²) in [5.74, 6) is 1.00. The van der Waals surface area contributed by atoms with E-state index in [9.17, 15) is 0 Å². The molecule has 2 nitrogen and oxygen atoms in total. The molecule has 2 heteroatoms. The van der Waals surface area contributed by atoms with Crippen molar-refractivity contribution in [3.8, 4) is 0 Å². The molecule has 0 heterocycles. The van der Waals surface area contributed by atoms with Gasteiger partial charge >= 0.3 is 0 Å². The molecule has 1 atom stereocenters. The van der Waals surface area contributed by atoms with Crippen molar-refractivity contribution in [1.82, 2.24) is 0 Å². The summed E-state index contributed by atoms with van der Waals surface area (Å²) in [7, 11) is 0. The van der Waals surface area contributed by atoms with Crippen LogP contribution in [0.5, 0.6) is 0 Å². The first-order valence-corrected chi connectivity index (χ1v) is 3.39. The maximum atomic E-state index is 8.19. The van der Waals surface area contributed by atoms with Crippen molar-refractivity contribution in [3.05, 3.63) is 0 Å². The van der Waals surface area contributed by atoms with Gasteiger partial charge in [-0.25, -0.2) is 0 Å². The summed E-state index contributed by atoms with van der Waals surface area (Å²) >= 11 is 0. The molecule has 1 N–H and O–H groups in total. The molecular weight excluding hydrogens is 114 g/mol. The lowest BCUT2D eigenvalue weighted by Crippen LogP contribution is -2.08. The molecule has 0 fully saturated rings. The van der Waals surface area contributed by atoms with Crippen LogP contribution in [0.1, 0.15) is 27.2 Å². The molecule has 0 saturated carbocycles. The predicted molar refractivity (Wildman–Crippen MR) is 38.9 cm³/mol. The fraction of sp³-hybridized carbons (Fsp3) is 0.857. The van der Waals surface area contributed by atoms with Gasteiger partial charge < -0.3 is 5.21 Å². The van der Waals surface area contributed by atoms with Gasteiger partial charge in [-0.1, -0.05) is 20.8 Å². The molecule has 9 heavy (non-hydrogen) atoms. The van der Waals surface area contributed by atoms with Gasteiger partial charge in [0.15, 0.2) is 0 Å². The zero-order chi connectivity index (χ0) is 7.28. The molecule has 54 valence electrons. The van der Waals surface area contributed by atoms with Crippen LogP contribution in [0.3, 0.4) is 0 Å². The van der Waals surface area contributed by atoms with Crippen LogP contribution in [0.4, 0.5) is 0 Å². The lowest BCUT2D eigenvalue weighted by atomic mass is 9.95. The quantitative estimate of drug-likeness (QED) is 0.353. The Balaban J connectivity index is 3.68. The molecule has 0 bridgehead atoms. The third kappa shape index (κ3) is 3.12. The molecule has 0 saturated heterocycles. The van der Waals surface area contributed by atoms with Gasteiger partial charge in [0.1, 0.15) is 0 Å². The Morgan fingerprint density at radius 1 is 1.56 bits per heavy atom. The number of oxime groups is 1. The van der Waals surface area contributed by atoms with E-state index in [1.165, 1.54) is 0 Å². The summed E-state index contributed by atoms with van der Waals surface area (Å²) in [6, 6.07) is 0. The van der Waals surface area contributed by atoms with Gasteiger partial charge in [0.25, 0.3) is 0 Å². The van der Waals surface area contributed by atoms with Crippen LogP contribution in [-0.4, -0.2) is 11.4 Å². The Morgan fingerprint density at radius 3 is 2.22 bits per heavy atom. The van der Waals surface area contributed by atoms with Crippen molar-refractivity contribution < 1.29 is 5.21 Å². The first-order chi connectivity index (χ1) is 4.22. The van der Waals surface area contributed by atoms with E-state index in [-0.39, 0.29) is 0 Å². The zero-order valence-electron chi connectivity index (χ0n) is 6.33. The summed E-state index contributed by atoms with van der Waals surface area (Å²) < 4.78 is 0. The summed E-state index contributed by atoms with van der Waals surface area (Å²) in [5.41, 5.74) is 0. The van der Waals surface area contributed by atoms with Crippen LogP contribution < -0.4 is 0 Å². The number of hydrogen-bond donors (Lipinski definition) is 1. The van der Waals surface area contributed by atoms with E-state index in [2.05, 4.69) is 25.9 Å². The van der Waals surface area contributed by atoms with Gasteiger partial charge in [-0.05, 0) is 18.3 Å². The standard InChI is InChI=1S/C7H15NO/c1-4-7(5-8-9)6(2)3/h5-7,9H,4H2,1-3H3. The SMILES string of the molecule is CCC(C=NO)C(C)C. The minimum Gasteiger partial charge on any atom is -0.411 e. The van der Waals surface area contributed by atoms with E-state index < -0.39 is 0 Å². The molecule has 0 rings (SSSR count). The van der Waals surface area contributed by atoms with Gasteiger partial charge in [0.05, 0.1) is 0 Å². The molecule has 0 aliphatic carbocycles. The maximum Gasteiger partial charge on any atom is 0.0469 e. The Bertz CT molecular complexity index is 88.9. The highest BCUT2D eigenvalue weighted by atomic mass is 16.4. The molecule has 0 amide bonds. The Hall–Kier alpha value is -0.530. The molecular formula is C7H15NO. The number of hydrogen-bond acceptors (Lipinski definition) is 2. The lowest BCUT2D eigenvalue weighted by Gasteiger charge is -2.11. The average Bonchev–Trinajstić information content (AvgIpc) is 1.82. The Labute approximate surface area is 56.6 Å². The highest BCUT2D eigenvalue weighted by Gasteiger charge is 2.06. The normalized spacial score (nSPS) is 15.1. The predicted octanol–water partition coefficient (Wildman–Crippen LogP) is 2.13. The minimum absolute atomic E-state index is 0.426. The first kappa shape index (κ1) is 8.47. The van der Waals surface area contributed by atoms with Gasteiger partial charge in [0.2, 0.25) is 0 Å². The van der Waals surface area contributed by atoms with E-state index in [4.69, 9.17) is 5.21 Å². The smallest absolute Gasteiger partial charge is 0.0469 e. The fourth-order valence-corrected chi connectivity index (χ4v) is 0.835. The van der Waals surface area contributed by atoms with Crippen LogP contribution in [0, 0.1) is 11.8 Å². The van der Waals surface area contributed by atoms with E-state index >= 15 is 0 Å². The van der Waals surface area contributed by atoms with Crippen LogP contribution in [0.25, 0.3) is 0 Å². The molecule has 0 radical (unpaired) electrons. The second kappa shape index (κ2) is 4.36. The van der Waals surface area contributed by atoms with Crippen molar-refractivity contribution in [3.63, 3.8) is 0 Å². The largest absolute Gasteiger partial charge is 0.411 e. The average molecular weight is 129 g/mol. The summed E-state index contributed by atoms with van der Waals surface area (Å²) in [6.07, 6.45) is 2.65. The molecule has 1 unspecified atom stereocenters. The third-order valence-corrected chi connectivity index (χ3v) is 1.59. The van der Waals surface area contributed by atoms with Crippen molar-refractivity contribution in [2.45, 2.75) is 27.2 Å². The number of rotatable bonds is 3. The van der Waals surface area contributed by atoms with Crippen LogP contribution >= 0.6 is 0 Å². The topological polar surface area (TPSA) is 32.6 Å². The van der Waals surface area contributed by atoms with Crippen LogP contribution in [0.15, 0.2) is 5.16 Å². The summed E-state index contributed by atoms with van der Waals surface area (Å²) in [5, 5.41) is 11.2. The second-order valence-corrected chi connectivity index (χ2v) is 2.58. The minimum atomic E-state index is 0.426. The zero-order valence-corrected chi connectivity index (χ0v) is 6.33. The van der Waals surface area contributed by atoms with Gasteiger partial charge in [-0.2, -0.15) is 0 Å². The molecule has 0 spiro atoms. The highest BCUT2D eigenvalue weighted by Crippen LogP contribution is 2.11. The molecule has 0 aromatic rings. The van der Waals surface area contributed by atoms with Crippen molar-refractivity contribution in [1.29, 1.82) is 0 Å². The number of nitrogens with zero attached hydrogens (tertiary/aromatic N) is 1. The Morgan fingerprint density at radius 2 is 2.11 bits per heavy atom. The van der Waals surface area contributed by atoms with Gasteiger partial charge in [-0.15, -0.1) is 5.16 Å². The van der Waals surface area contributed by atoms with Crippen LogP contribution in [0.2, 0.25) is 0 Å². The summed E-state index contributed by atoms with van der Waals surface area (Å²) in [6.45, 7) is 6.33. The monoisotopic (exact) mass is 129 g/mol.